The second-order valence-corrected chi connectivity index (χ2v) is 8.39. The highest BCUT2D eigenvalue weighted by Gasteiger charge is 2.26. The zero-order valence-electron chi connectivity index (χ0n) is 16.1. The van der Waals surface area contributed by atoms with E-state index in [1.165, 1.54) is 16.4 Å². The summed E-state index contributed by atoms with van der Waals surface area (Å²) in [5, 5.41) is 6.45. The van der Waals surface area contributed by atoms with Crippen LogP contribution in [-0.4, -0.2) is 57.8 Å². The van der Waals surface area contributed by atoms with Crippen LogP contribution in [0.5, 0.6) is 0 Å². The van der Waals surface area contributed by atoms with Gasteiger partial charge in [-0.25, -0.2) is 8.42 Å². The van der Waals surface area contributed by atoms with Crippen LogP contribution in [0.25, 0.3) is 0 Å². The lowest BCUT2D eigenvalue weighted by Crippen LogP contribution is -2.40. The summed E-state index contributed by atoms with van der Waals surface area (Å²) < 4.78 is 31.7. The first-order valence-electron chi connectivity index (χ1n) is 9.15. The number of benzene rings is 2. The number of aryl methyl sites for hydroxylation is 1. The molecule has 29 heavy (non-hydrogen) atoms. The lowest BCUT2D eigenvalue weighted by molar-refractivity contribution is -0.120. The number of anilines is 1. The number of ether oxygens (including phenoxy) is 1. The third kappa shape index (κ3) is 5.63. The molecular formula is C20H23N3O5S. The van der Waals surface area contributed by atoms with E-state index in [9.17, 15) is 13.2 Å². The molecule has 0 saturated carbocycles. The quantitative estimate of drug-likeness (QED) is 0.549. The summed E-state index contributed by atoms with van der Waals surface area (Å²) in [4.78, 5) is 17.2. The smallest absolute Gasteiger partial charge is 0.265 e. The van der Waals surface area contributed by atoms with Gasteiger partial charge in [0.25, 0.3) is 5.91 Å². The molecule has 2 aromatic rings. The highest BCUT2D eigenvalue weighted by molar-refractivity contribution is 7.89. The van der Waals surface area contributed by atoms with Gasteiger partial charge in [-0.1, -0.05) is 29.4 Å². The maximum Gasteiger partial charge on any atom is 0.265 e. The number of hydrogen-bond donors (Lipinski definition) is 1. The average Bonchev–Trinajstić information content (AvgIpc) is 2.73. The van der Waals surface area contributed by atoms with Gasteiger partial charge >= 0.3 is 0 Å². The second kappa shape index (κ2) is 9.64. The van der Waals surface area contributed by atoms with Crippen molar-refractivity contribution in [1.82, 2.24) is 4.31 Å². The number of hydrogen-bond acceptors (Lipinski definition) is 6. The van der Waals surface area contributed by atoms with Crippen molar-refractivity contribution in [3.05, 3.63) is 59.7 Å². The first-order valence-corrected chi connectivity index (χ1v) is 10.6. The van der Waals surface area contributed by atoms with Crippen LogP contribution in [0.2, 0.25) is 0 Å². The molecule has 0 unspecified atom stereocenters. The number of oxime groups is 1. The van der Waals surface area contributed by atoms with Gasteiger partial charge in [0.05, 0.1) is 24.3 Å². The molecule has 1 N–H and O–H groups in total. The van der Waals surface area contributed by atoms with E-state index < -0.39 is 15.9 Å². The number of sulfonamides is 1. The average molecular weight is 417 g/mol. The molecule has 3 rings (SSSR count). The molecule has 0 aromatic heterocycles. The molecule has 0 atom stereocenters. The SMILES string of the molecule is Cc1ccccc1/C=N\OCC(=O)Nc1ccc(S(=O)(=O)N2CCOCC2)cc1. The van der Waals surface area contributed by atoms with E-state index >= 15 is 0 Å². The minimum atomic E-state index is -3.56. The summed E-state index contributed by atoms with van der Waals surface area (Å²) in [6.45, 7) is 3.15. The van der Waals surface area contributed by atoms with Crippen molar-refractivity contribution in [3.8, 4) is 0 Å². The van der Waals surface area contributed by atoms with E-state index in [1.54, 1.807) is 18.3 Å². The predicted molar refractivity (Wildman–Crippen MR) is 109 cm³/mol. The molecule has 1 aliphatic heterocycles. The molecule has 154 valence electrons. The summed E-state index contributed by atoms with van der Waals surface area (Å²) in [7, 11) is -3.56. The van der Waals surface area contributed by atoms with Crippen molar-refractivity contribution < 1.29 is 22.8 Å². The van der Waals surface area contributed by atoms with Gasteiger partial charge < -0.3 is 14.9 Å². The number of rotatable bonds is 7. The van der Waals surface area contributed by atoms with Crippen molar-refractivity contribution in [3.63, 3.8) is 0 Å². The van der Waals surface area contributed by atoms with Crippen LogP contribution >= 0.6 is 0 Å². The van der Waals surface area contributed by atoms with Gasteiger partial charge in [-0.3, -0.25) is 4.79 Å². The third-order valence-electron chi connectivity index (χ3n) is 4.40. The summed E-state index contributed by atoms with van der Waals surface area (Å²) in [5.41, 5.74) is 2.43. The van der Waals surface area contributed by atoms with Gasteiger partial charge in [-0.05, 0) is 42.3 Å². The Balaban J connectivity index is 1.51. The molecule has 0 aliphatic carbocycles. The zero-order valence-corrected chi connectivity index (χ0v) is 16.9. The lowest BCUT2D eigenvalue weighted by Gasteiger charge is -2.26. The number of carbonyl (C=O) groups is 1. The van der Waals surface area contributed by atoms with Crippen LogP contribution in [0.1, 0.15) is 11.1 Å². The van der Waals surface area contributed by atoms with Gasteiger partial charge in [-0.2, -0.15) is 4.31 Å². The van der Waals surface area contributed by atoms with Crippen LogP contribution in [0.3, 0.4) is 0 Å². The fourth-order valence-electron chi connectivity index (χ4n) is 2.76. The minimum Gasteiger partial charge on any atom is -0.386 e. The van der Waals surface area contributed by atoms with Gasteiger partial charge in [0.15, 0.2) is 6.61 Å². The fraction of sp³-hybridized carbons (Fsp3) is 0.300. The second-order valence-electron chi connectivity index (χ2n) is 6.45. The molecule has 1 heterocycles. The number of carbonyl (C=O) groups excluding carboxylic acids is 1. The van der Waals surface area contributed by atoms with E-state index in [4.69, 9.17) is 9.57 Å². The van der Waals surface area contributed by atoms with Crippen molar-refractivity contribution in [2.45, 2.75) is 11.8 Å². The topological polar surface area (TPSA) is 97.3 Å². The van der Waals surface area contributed by atoms with Crippen molar-refractivity contribution in [1.29, 1.82) is 0 Å². The third-order valence-corrected chi connectivity index (χ3v) is 6.31. The summed E-state index contributed by atoms with van der Waals surface area (Å²) >= 11 is 0. The number of nitrogens with zero attached hydrogens (tertiary/aromatic N) is 2. The van der Waals surface area contributed by atoms with Crippen LogP contribution < -0.4 is 5.32 Å². The van der Waals surface area contributed by atoms with E-state index in [0.29, 0.717) is 32.0 Å². The van der Waals surface area contributed by atoms with Gasteiger partial charge in [0, 0.05) is 18.8 Å². The molecule has 1 saturated heterocycles. The molecule has 0 radical (unpaired) electrons. The van der Waals surface area contributed by atoms with Crippen LogP contribution in [-0.2, 0) is 24.4 Å². The lowest BCUT2D eigenvalue weighted by atomic mass is 10.1. The van der Waals surface area contributed by atoms with Gasteiger partial charge in [0.2, 0.25) is 10.0 Å². The summed E-state index contributed by atoms with van der Waals surface area (Å²) in [6, 6.07) is 13.7. The molecule has 8 nitrogen and oxygen atoms in total. The molecular weight excluding hydrogens is 394 g/mol. The Morgan fingerprint density at radius 2 is 1.86 bits per heavy atom. The predicted octanol–water partition coefficient (Wildman–Crippen LogP) is 2.01. The number of morpholine rings is 1. The number of nitrogens with one attached hydrogen (secondary N) is 1. The molecule has 2 aromatic carbocycles. The van der Waals surface area contributed by atoms with Crippen molar-refractivity contribution in [2.24, 2.45) is 5.16 Å². The van der Waals surface area contributed by atoms with Crippen molar-refractivity contribution in [2.75, 3.05) is 38.2 Å². The van der Waals surface area contributed by atoms with Gasteiger partial charge in [0.1, 0.15) is 0 Å². The monoisotopic (exact) mass is 417 g/mol. The molecule has 1 amide bonds. The molecule has 1 aliphatic rings. The molecule has 1 fully saturated rings. The summed E-state index contributed by atoms with van der Waals surface area (Å²) in [5.74, 6) is -0.393. The van der Waals surface area contributed by atoms with E-state index in [-0.39, 0.29) is 11.5 Å². The standard InChI is InChI=1S/C20H23N3O5S/c1-16-4-2-3-5-17(16)14-21-28-15-20(24)22-18-6-8-19(9-7-18)29(25,26)23-10-12-27-13-11-23/h2-9,14H,10-13,15H2,1H3,(H,22,24)/b21-14-. The van der Waals surface area contributed by atoms with E-state index in [1.807, 2.05) is 31.2 Å². The maximum atomic E-state index is 12.6. The Labute approximate surface area is 170 Å². The summed E-state index contributed by atoms with van der Waals surface area (Å²) in [6.07, 6.45) is 1.55. The van der Waals surface area contributed by atoms with E-state index in [0.717, 1.165) is 11.1 Å². The molecule has 9 heteroatoms. The Bertz CT molecular complexity index is 968. The Morgan fingerprint density at radius 3 is 2.55 bits per heavy atom. The largest absolute Gasteiger partial charge is 0.386 e. The van der Waals surface area contributed by atoms with Crippen LogP contribution in [0.15, 0.2) is 58.6 Å². The minimum absolute atomic E-state index is 0.177. The number of amides is 1. The van der Waals surface area contributed by atoms with Crippen molar-refractivity contribution >= 4 is 27.8 Å². The zero-order chi connectivity index (χ0) is 20.7. The van der Waals surface area contributed by atoms with Crippen LogP contribution in [0.4, 0.5) is 5.69 Å². The normalized spacial score (nSPS) is 15.3. The first-order chi connectivity index (χ1) is 14.0. The highest BCUT2D eigenvalue weighted by Crippen LogP contribution is 2.19. The highest BCUT2D eigenvalue weighted by atomic mass is 32.2. The first kappa shape index (κ1) is 21.0. The Morgan fingerprint density at radius 1 is 1.17 bits per heavy atom. The molecule has 0 spiro atoms. The van der Waals surface area contributed by atoms with Gasteiger partial charge in [-0.15, -0.1) is 0 Å². The van der Waals surface area contributed by atoms with Crippen LogP contribution in [0, 0.1) is 6.92 Å². The van der Waals surface area contributed by atoms with E-state index in [2.05, 4.69) is 10.5 Å². The Kier molecular flexibility index (Phi) is 6.97. The molecule has 0 bridgehead atoms. The maximum absolute atomic E-state index is 12.6. The Hall–Kier alpha value is -2.75. The fourth-order valence-corrected chi connectivity index (χ4v) is 4.17.